The quantitative estimate of drug-likeness (QED) is 0.556. The summed E-state index contributed by atoms with van der Waals surface area (Å²) in [6.45, 7) is 4.62. The fourth-order valence-corrected chi connectivity index (χ4v) is 4.21. The highest BCUT2D eigenvalue weighted by Gasteiger charge is 2.18. The molecule has 0 atom stereocenters. The molecule has 1 aromatic carbocycles. The van der Waals surface area contributed by atoms with Gasteiger partial charge in [0, 0.05) is 35.9 Å². The largest absolute Gasteiger partial charge is 0.496 e. The molecule has 0 unspecified atom stereocenters. The number of fused-ring (bicyclic) bond motifs is 1. The van der Waals surface area contributed by atoms with Crippen LogP contribution in [-0.2, 0) is 13.0 Å². The van der Waals surface area contributed by atoms with Crippen molar-refractivity contribution in [2.45, 2.75) is 46.1 Å². The molecule has 0 amide bonds. The number of hydrogen-bond donors (Lipinski definition) is 0. The predicted octanol–water partition coefficient (Wildman–Crippen LogP) is 4.70. The van der Waals surface area contributed by atoms with Crippen molar-refractivity contribution < 1.29 is 4.74 Å². The molecular formula is C21H23N3O2S. The molecule has 0 radical (unpaired) electrons. The van der Waals surface area contributed by atoms with Gasteiger partial charge in [-0.05, 0) is 31.9 Å². The van der Waals surface area contributed by atoms with Crippen LogP contribution in [-0.4, -0.2) is 16.7 Å². The average molecular weight is 382 g/mol. The molecule has 0 saturated heterocycles. The van der Waals surface area contributed by atoms with Crippen LogP contribution in [0.25, 0.3) is 21.3 Å². The second-order valence-corrected chi connectivity index (χ2v) is 7.39. The zero-order valence-corrected chi connectivity index (χ0v) is 16.7. The second-order valence-electron chi connectivity index (χ2n) is 6.53. The molecular weight excluding hydrogens is 358 g/mol. The van der Waals surface area contributed by atoms with Crippen LogP contribution in [0.5, 0.6) is 5.75 Å². The van der Waals surface area contributed by atoms with Crippen LogP contribution in [0, 0.1) is 18.3 Å². The van der Waals surface area contributed by atoms with E-state index in [1.807, 2.05) is 30.5 Å². The van der Waals surface area contributed by atoms with Crippen molar-refractivity contribution in [2.75, 3.05) is 7.11 Å². The minimum atomic E-state index is -0.0267. The first-order chi connectivity index (χ1) is 13.1. The van der Waals surface area contributed by atoms with E-state index in [-0.39, 0.29) is 5.56 Å². The minimum Gasteiger partial charge on any atom is -0.496 e. The van der Waals surface area contributed by atoms with Crippen LogP contribution < -0.4 is 10.3 Å². The summed E-state index contributed by atoms with van der Waals surface area (Å²) in [6, 6.07) is 8.11. The van der Waals surface area contributed by atoms with E-state index in [2.05, 4.69) is 13.0 Å². The highest BCUT2D eigenvalue weighted by molar-refractivity contribution is 7.17. The number of rotatable bonds is 7. The number of nitriles is 1. The van der Waals surface area contributed by atoms with Gasteiger partial charge in [-0.2, -0.15) is 5.26 Å². The maximum Gasteiger partial charge on any atom is 0.262 e. The van der Waals surface area contributed by atoms with Gasteiger partial charge >= 0.3 is 0 Å². The highest BCUT2D eigenvalue weighted by Crippen LogP contribution is 2.37. The van der Waals surface area contributed by atoms with E-state index in [0.29, 0.717) is 24.8 Å². The van der Waals surface area contributed by atoms with E-state index in [9.17, 15) is 4.79 Å². The SMILES string of the molecule is CCCc1nc2scc(-c3cc(C)ccc3OC)c2c(=O)n1CCCC#N. The number of methoxy groups -OCH3 is 1. The molecule has 0 saturated carbocycles. The Morgan fingerprint density at radius 2 is 2.15 bits per heavy atom. The first-order valence-electron chi connectivity index (χ1n) is 9.13. The van der Waals surface area contributed by atoms with Gasteiger partial charge in [-0.3, -0.25) is 9.36 Å². The van der Waals surface area contributed by atoms with E-state index >= 15 is 0 Å². The number of unbranched alkanes of at least 4 members (excludes halogenated alkanes) is 1. The lowest BCUT2D eigenvalue weighted by Gasteiger charge is -2.13. The van der Waals surface area contributed by atoms with Crippen molar-refractivity contribution in [1.29, 1.82) is 5.26 Å². The summed E-state index contributed by atoms with van der Waals surface area (Å²) in [6.07, 6.45) is 2.74. The summed E-state index contributed by atoms with van der Waals surface area (Å²) in [4.78, 5) is 18.9. The van der Waals surface area contributed by atoms with Crippen LogP contribution >= 0.6 is 11.3 Å². The van der Waals surface area contributed by atoms with E-state index in [1.54, 1.807) is 11.7 Å². The lowest BCUT2D eigenvalue weighted by molar-refractivity contribution is 0.416. The topological polar surface area (TPSA) is 67.9 Å². The molecule has 3 rings (SSSR count). The highest BCUT2D eigenvalue weighted by atomic mass is 32.1. The summed E-state index contributed by atoms with van der Waals surface area (Å²) in [5.41, 5.74) is 2.86. The maximum atomic E-state index is 13.4. The maximum absolute atomic E-state index is 13.4. The third-order valence-corrected chi connectivity index (χ3v) is 5.43. The first kappa shape index (κ1) is 19.1. The zero-order chi connectivity index (χ0) is 19.4. The number of nitrogens with zero attached hydrogens (tertiary/aromatic N) is 3. The number of aryl methyl sites for hydroxylation is 2. The number of aromatic nitrogens is 2. The Morgan fingerprint density at radius 1 is 1.33 bits per heavy atom. The summed E-state index contributed by atoms with van der Waals surface area (Å²) in [5, 5.41) is 11.5. The van der Waals surface area contributed by atoms with E-state index < -0.39 is 0 Å². The molecule has 5 nitrogen and oxygen atoms in total. The summed E-state index contributed by atoms with van der Waals surface area (Å²) >= 11 is 1.49. The average Bonchev–Trinajstić information content (AvgIpc) is 3.08. The Balaban J connectivity index is 2.23. The number of thiophene rings is 1. The van der Waals surface area contributed by atoms with Crippen molar-refractivity contribution in [1.82, 2.24) is 9.55 Å². The van der Waals surface area contributed by atoms with Gasteiger partial charge in [-0.1, -0.05) is 18.6 Å². The van der Waals surface area contributed by atoms with Gasteiger partial charge in [0.2, 0.25) is 0 Å². The predicted molar refractivity (Wildman–Crippen MR) is 109 cm³/mol. The molecule has 2 heterocycles. The fraction of sp³-hybridized carbons (Fsp3) is 0.381. The molecule has 6 heteroatoms. The third-order valence-electron chi connectivity index (χ3n) is 4.56. The Labute approximate surface area is 162 Å². The minimum absolute atomic E-state index is 0.0267. The molecule has 140 valence electrons. The molecule has 0 N–H and O–H groups in total. The van der Waals surface area contributed by atoms with Crippen molar-refractivity contribution in [3.05, 3.63) is 45.3 Å². The summed E-state index contributed by atoms with van der Waals surface area (Å²) < 4.78 is 7.28. The van der Waals surface area contributed by atoms with Crippen molar-refractivity contribution in [3.63, 3.8) is 0 Å². The molecule has 0 aliphatic carbocycles. The van der Waals surface area contributed by atoms with E-state index in [0.717, 1.165) is 45.9 Å². The van der Waals surface area contributed by atoms with Gasteiger partial charge in [0.15, 0.2) is 0 Å². The van der Waals surface area contributed by atoms with Crippen LogP contribution in [0.1, 0.15) is 37.6 Å². The molecule has 0 bridgehead atoms. The van der Waals surface area contributed by atoms with Gasteiger partial charge in [0.1, 0.15) is 16.4 Å². The third kappa shape index (κ3) is 3.74. The van der Waals surface area contributed by atoms with Gasteiger partial charge in [-0.25, -0.2) is 4.98 Å². The monoisotopic (exact) mass is 381 g/mol. The lowest BCUT2D eigenvalue weighted by atomic mass is 10.0. The second kappa shape index (κ2) is 8.36. The summed E-state index contributed by atoms with van der Waals surface area (Å²) in [7, 11) is 1.64. The van der Waals surface area contributed by atoms with Crippen LogP contribution in [0.4, 0.5) is 0 Å². The number of ether oxygens (including phenoxy) is 1. The molecule has 27 heavy (non-hydrogen) atoms. The fourth-order valence-electron chi connectivity index (χ4n) is 3.26. The van der Waals surface area contributed by atoms with Gasteiger partial charge < -0.3 is 4.74 Å². The van der Waals surface area contributed by atoms with Crippen molar-refractivity contribution >= 4 is 21.6 Å². The molecule has 3 aromatic rings. The van der Waals surface area contributed by atoms with Gasteiger partial charge in [0.25, 0.3) is 5.56 Å². The Hall–Kier alpha value is -2.65. The van der Waals surface area contributed by atoms with Crippen molar-refractivity contribution in [3.8, 4) is 22.9 Å². The molecule has 0 fully saturated rings. The Bertz CT molecular complexity index is 1060. The molecule has 0 spiro atoms. The molecule has 0 aliphatic heterocycles. The standard InChI is InChI=1S/C21H23N3O2S/c1-4-7-18-23-20-19(21(25)24(18)11-6-5-10-22)16(13-27-20)15-12-14(2)8-9-17(15)26-3/h8-9,12-13H,4-7,11H2,1-3H3. The van der Waals surface area contributed by atoms with Crippen LogP contribution in [0.3, 0.4) is 0 Å². The Kier molecular flexibility index (Phi) is 5.92. The van der Waals surface area contributed by atoms with E-state index in [1.165, 1.54) is 11.3 Å². The summed E-state index contributed by atoms with van der Waals surface area (Å²) in [5.74, 6) is 1.55. The van der Waals surface area contributed by atoms with Crippen LogP contribution in [0.15, 0.2) is 28.4 Å². The van der Waals surface area contributed by atoms with Gasteiger partial charge in [0.05, 0.1) is 18.6 Å². The Morgan fingerprint density at radius 3 is 2.85 bits per heavy atom. The number of benzene rings is 1. The van der Waals surface area contributed by atoms with E-state index in [4.69, 9.17) is 15.0 Å². The lowest BCUT2D eigenvalue weighted by Crippen LogP contribution is -2.25. The first-order valence-corrected chi connectivity index (χ1v) is 10.0. The van der Waals surface area contributed by atoms with Gasteiger partial charge in [-0.15, -0.1) is 11.3 Å². The molecule has 2 aromatic heterocycles. The smallest absolute Gasteiger partial charge is 0.262 e. The van der Waals surface area contributed by atoms with Crippen LogP contribution in [0.2, 0.25) is 0 Å². The zero-order valence-electron chi connectivity index (χ0n) is 15.9. The number of hydrogen-bond acceptors (Lipinski definition) is 5. The molecule has 0 aliphatic rings. The van der Waals surface area contributed by atoms with Crippen molar-refractivity contribution in [2.24, 2.45) is 0 Å². The normalized spacial score (nSPS) is 10.9.